The standard InChI is InChI=1S/C15H18N2O2/c1-11-4-3-5-13(15(11)18)10-16-8-12-6-7-14(19-2)17-9-12/h3-7,9,16,18H,8,10H2,1-2H3. The summed E-state index contributed by atoms with van der Waals surface area (Å²) >= 11 is 0. The van der Waals surface area contributed by atoms with Gasteiger partial charge >= 0.3 is 0 Å². The first kappa shape index (κ1) is 13.4. The molecule has 0 saturated carbocycles. The fourth-order valence-corrected chi connectivity index (χ4v) is 1.84. The van der Waals surface area contributed by atoms with Crippen molar-refractivity contribution in [3.8, 4) is 11.6 Å². The normalized spacial score (nSPS) is 10.4. The Morgan fingerprint density at radius 1 is 1.21 bits per heavy atom. The maximum absolute atomic E-state index is 9.89. The zero-order valence-corrected chi connectivity index (χ0v) is 11.2. The van der Waals surface area contributed by atoms with Crippen LogP contribution in [0.2, 0.25) is 0 Å². The van der Waals surface area contributed by atoms with E-state index in [-0.39, 0.29) is 0 Å². The van der Waals surface area contributed by atoms with Crippen LogP contribution in [0.3, 0.4) is 0 Å². The Morgan fingerprint density at radius 2 is 2.05 bits per heavy atom. The molecule has 19 heavy (non-hydrogen) atoms. The SMILES string of the molecule is COc1ccc(CNCc2cccc(C)c2O)cn1. The first-order chi connectivity index (χ1) is 9.20. The van der Waals surface area contributed by atoms with Crippen LogP contribution in [0.1, 0.15) is 16.7 Å². The van der Waals surface area contributed by atoms with E-state index in [1.807, 2.05) is 37.3 Å². The average molecular weight is 258 g/mol. The fraction of sp³-hybridized carbons (Fsp3) is 0.267. The van der Waals surface area contributed by atoms with Gasteiger partial charge in [-0.05, 0) is 18.1 Å². The second-order valence-electron chi connectivity index (χ2n) is 4.40. The number of phenolic OH excluding ortho intramolecular Hbond substituents is 1. The molecule has 0 aliphatic heterocycles. The number of aromatic hydroxyl groups is 1. The predicted molar refractivity (Wildman–Crippen MR) is 74.2 cm³/mol. The molecule has 4 heteroatoms. The molecule has 100 valence electrons. The molecule has 1 heterocycles. The number of para-hydroxylation sites is 1. The van der Waals surface area contributed by atoms with Crippen LogP contribution in [-0.4, -0.2) is 17.2 Å². The van der Waals surface area contributed by atoms with Crippen LogP contribution in [0.5, 0.6) is 11.6 Å². The van der Waals surface area contributed by atoms with Crippen LogP contribution in [-0.2, 0) is 13.1 Å². The van der Waals surface area contributed by atoms with Gasteiger partial charge in [-0.25, -0.2) is 4.98 Å². The zero-order valence-electron chi connectivity index (χ0n) is 11.2. The van der Waals surface area contributed by atoms with Gasteiger partial charge in [0.15, 0.2) is 0 Å². The maximum Gasteiger partial charge on any atom is 0.212 e. The number of ether oxygens (including phenoxy) is 1. The number of pyridine rings is 1. The number of hydrogen-bond donors (Lipinski definition) is 2. The Labute approximate surface area is 113 Å². The molecular formula is C15H18N2O2. The fourth-order valence-electron chi connectivity index (χ4n) is 1.84. The smallest absolute Gasteiger partial charge is 0.212 e. The first-order valence-electron chi connectivity index (χ1n) is 6.18. The second kappa shape index (κ2) is 6.20. The molecule has 1 aromatic carbocycles. The molecule has 0 aliphatic carbocycles. The van der Waals surface area contributed by atoms with E-state index in [4.69, 9.17) is 4.74 Å². The molecule has 0 fully saturated rings. The minimum absolute atomic E-state index is 0.364. The summed E-state index contributed by atoms with van der Waals surface area (Å²) in [5.74, 6) is 0.975. The van der Waals surface area contributed by atoms with Gasteiger partial charge in [0.1, 0.15) is 5.75 Å². The zero-order chi connectivity index (χ0) is 13.7. The number of phenols is 1. The van der Waals surface area contributed by atoms with Gasteiger partial charge < -0.3 is 15.2 Å². The van der Waals surface area contributed by atoms with Crippen molar-refractivity contribution < 1.29 is 9.84 Å². The average Bonchev–Trinajstić information content (AvgIpc) is 2.44. The van der Waals surface area contributed by atoms with Gasteiger partial charge in [0.2, 0.25) is 5.88 Å². The summed E-state index contributed by atoms with van der Waals surface area (Å²) in [5, 5.41) is 13.2. The van der Waals surface area contributed by atoms with E-state index in [0.29, 0.717) is 24.7 Å². The van der Waals surface area contributed by atoms with E-state index in [9.17, 15) is 5.11 Å². The third-order valence-corrected chi connectivity index (χ3v) is 2.97. The van der Waals surface area contributed by atoms with Crippen molar-refractivity contribution in [3.63, 3.8) is 0 Å². The van der Waals surface area contributed by atoms with Gasteiger partial charge in [-0.2, -0.15) is 0 Å². The van der Waals surface area contributed by atoms with Crippen LogP contribution in [0, 0.1) is 6.92 Å². The summed E-state index contributed by atoms with van der Waals surface area (Å²) in [7, 11) is 1.60. The van der Waals surface area contributed by atoms with E-state index in [1.54, 1.807) is 13.3 Å². The van der Waals surface area contributed by atoms with E-state index in [1.165, 1.54) is 0 Å². The number of benzene rings is 1. The number of hydrogen-bond acceptors (Lipinski definition) is 4. The van der Waals surface area contributed by atoms with Crippen molar-refractivity contribution in [1.82, 2.24) is 10.3 Å². The van der Waals surface area contributed by atoms with Crippen LogP contribution in [0.4, 0.5) is 0 Å². The Hall–Kier alpha value is -2.07. The lowest BCUT2D eigenvalue weighted by molar-refractivity contribution is 0.397. The van der Waals surface area contributed by atoms with Gasteiger partial charge in [0.25, 0.3) is 0 Å². The minimum Gasteiger partial charge on any atom is -0.507 e. The Morgan fingerprint density at radius 3 is 2.74 bits per heavy atom. The molecule has 2 N–H and O–H groups in total. The molecule has 0 spiro atoms. The molecule has 4 nitrogen and oxygen atoms in total. The van der Waals surface area contributed by atoms with Crippen LogP contribution < -0.4 is 10.1 Å². The van der Waals surface area contributed by atoms with Crippen LogP contribution >= 0.6 is 0 Å². The van der Waals surface area contributed by atoms with Crippen LogP contribution in [0.25, 0.3) is 0 Å². The summed E-state index contributed by atoms with van der Waals surface area (Å²) in [5.41, 5.74) is 2.87. The highest BCUT2D eigenvalue weighted by Gasteiger charge is 2.03. The van der Waals surface area contributed by atoms with E-state index in [2.05, 4.69) is 10.3 Å². The van der Waals surface area contributed by atoms with E-state index in [0.717, 1.165) is 16.7 Å². The second-order valence-corrected chi connectivity index (χ2v) is 4.40. The van der Waals surface area contributed by atoms with Gasteiger partial charge in [-0.3, -0.25) is 0 Å². The number of methoxy groups -OCH3 is 1. The maximum atomic E-state index is 9.89. The molecular weight excluding hydrogens is 240 g/mol. The Bertz CT molecular complexity index is 538. The van der Waals surface area contributed by atoms with Crippen molar-refractivity contribution in [2.24, 2.45) is 0 Å². The molecule has 0 atom stereocenters. The predicted octanol–water partition coefficient (Wildman–Crippen LogP) is 2.39. The molecule has 0 unspecified atom stereocenters. The third-order valence-electron chi connectivity index (χ3n) is 2.97. The lowest BCUT2D eigenvalue weighted by Gasteiger charge is -2.08. The number of rotatable bonds is 5. The summed E-state index contributed by atoms with van der Waals surface area (Å²) in [6, 6.07) is 9.56. The van der Waals surface area contributed by atoms with Gasteiger partial charge in [-0.15, -0.1) is 0 Å². The van der Waals surface area contributed by atoms with Gasteiger partial charge in [-0.1, -0.05) is 24.3 Å². The number of aryl methyl sites for hydroxylation is 1. The summed E-state index contributed by atoms with van der Waals surface area (Å²) in [6.07, 6.45) is 1.78. The Balaban J connectivity index is 1.90. The van der Waals surface area contributed by atoms with Crippen LogP contribution in [0.15, 0.2) is 36.5 Å². The summed E-state index contributed by atoms with van der Waals surface area (Å²) in [4.78, 5) is 4.14. The lowest BCUT2D eigenvalue weighted by Crippen LogP contribution is -2.13. The molecule has 0 bridgehead atoms. The monoisotopic (exact) mass is 258 g/mol. The van der Waals surface area contributed by atoms with Crippen molar-refractivity contribution in [1.29, 1.82) is 0 Å². The van der Waals surface area contributed by atoms with E-state index >= 15 is 0 Å². The third kappa shape index (κ3) is 3.45. The highest BCUT2D eigenvalue weighted by atomic mass is 16.5. The molecule has 2 rings (SSSR count). The molecule has 0 saturated heterocycles. The van der Waals surface area contributed by atoms with Crippen molar-refractivity contribution in [3.05, 3.63) is 53.2 Å². The van der Waals surface area contributed by atoms with Crippen molar-refractivity contribution >= 4 is 0 Å². The summed E-state index contributed by atoms with van der Waals surface area (Å²) < 4.78 is 5.01. The Kier molecular flexibility index (Phi) is 4.36. The molecule has 1 aromatic heterocycles. The highest BCUT2D eigenvalue weighted by Crippen LogP contribution is 2.21. The molecule has 0 amide bonds. The number of aromatic nitrogens is 1. The van der Waals surface area contributed by atoms with Crippen molar-refractivity contribution in [2.45, 2.75) is 20.0 Å². The summed E-state index contributed by atoms with van der Waals surface area (Å²) in [6.45, 7) is 3.22. The quantitative estimate of drug-likeness (QED) is 0.864. The minimum atomic E-state index is 0.364. The molecule has 0 radical (unpaired) electrons. The highest BCUT2D eigenvalue weighted by molar-refractivity contribution is 5.39. The van der Waals surface area contributed by atoms with E-state index < -0.39 is 0 Å². The van der Waals surface area contributed by atoms with Gasteiger partial charge in [0, 0.05) is 30.9 Å². The largest absolute Gasteiger partial charge is 0.507 e. The topological polar surface area (TPSA) is 54.4 Å². The molecule has 0 aliphatic rings. The molecule has 2 aromatic rings. The lowest BCUT2D eigenvalue weighted by atomic mass is 10.1. The van der Waals surface area contributed by atoms with Gasteiger partial charge in [0.05, 0.1) is 7.11 Å². The number of nitrogens with one attached hydrogen (secondary N) is 1. The number of nitrogens with zero attached hydrogens (tertiary/aromatic N) is 1. The first-order valence-corrected chi connectivity index (χ1v) is 6.18. The van der Waals surface area contributed by atoms with Crippen molar-refractivity contribution in [2.75, 3.05) is 7.11 Å².